The number of nitrogens with zero attached hydrogens (tertiary/aromatic N) is 1. The zero-order chi connectivity index (χ0) is 15.4. The van der Waals surface area contributed by atoms with Gasteiger partial charge >= 0.3 is 0 Å². The number of nitrogens with two attached hydrogens (primary N) is 1. The molecular weight excluding hydrogens is 268 g/mol. The van der Waals surface area contributed by atoms with Gasteiger partial charge in [0.1, 0.15) is 0 Å². The minimum absolute atomic E-state index is 0.147. The standard InChI is InChI=1S/C16H26N2O3/c1-5-11(3)18(6-2)13(9-17)12-7-14(19-4)16-15(8-12)20-10-21-16/h7-8,11,13H,5-6,9-10,17H2,1-4H3. The lowest BCUT2D eigenvalue weighted by molar-refractivity contribution is 0.151. The quantitative estimate of drug-likeness (QED) is 0.837. The van der Waals surface area contributed by atoms with Gasteiger partial charge in [-0.1, -0.05) is 13.8 Å². The highest BCUT2D eigenvalue weighted by Gasteiger charge is 2.26. The van der Waals surface area contributed by atoms with Gasteiger partial charge < -0.3 is 19.9 Å². The van der Waals surface area contributed by atoms with E-state index < -0.39 is 0 Å². The summed E-state index contributed by atoms with van der Waals surface area (Å²) in [5.41, 5.74) is 7.17. The molecule has 1 aromatic rings. The van der Waals surface area contributed by atoms with E-state index in [0.717, 1.165) is 24.3 Å². The summed E-state index contributed by atoms with van der Waals surface area (Å²) in [6.45, 7) is 8.34. The molecule has 118 valence electrons. The SMILES string of the molecule is CCC(C)N(CC)C(CN)c1cc(OC)c2c(c1)OCO2. The van der Waals surface area contributed by atoms with Crippen LogP contribution in [-0.2, 0) is 0 Å². The van der Waals surface area contributed by atoms with Crippen molar-refractivity contribution in [2.75, 3.05) is 27.0 Å². The molecule has 0 saturated heterocycles. The average Bonchev–Trinajstić information content (AvgIpc) is 2.99. The molecule has 2 rings (SSSR count). The highest BCUT2D eigenvalue weighted by atomic mass is 16.7. The summed E-state index contributed by atoms with van der Waals surface area (Å²) in [6, 6.07) is 4.65. The molecule has 0 radical (unpaired) electrons. The molecule has 0 spiro atoms. The predicted molar refractivity (Wildman–Crippen MR) is 83.0 cm³/mol. The van der Waals surface area contributed by atoms with Crippen LogP contribution >= 0.6 is 0 Å². The van der Waals surface area contributed by atoms with Gasteiger partial charge in [-0.25, -0.2) is 0 Å². The van der Waals surface area contributed by atoms with Gasteiger partial charge in [-0.05, 0) is 37.6 Å². The smallest absolute Gasteiger partial charge is 0.231 e. The summed E-state index contributed by atoms with van der Waals surface area (Å²) in [5.74, 6) is 2.13. The van der Waals surface area contributed by atoms with Crippen LogP contribution in [0.3, 0.4) is 0 Å². The zero-order valence-corrected chi connectivity index (χ0v) is 13.4. The lowest BCUT2D eigenvalue weighted by Gasteiger charge is -2.35. The largest absolute Gasteiger partial charge is 0.493 e. The van der Waals surface area contributed by atoms with Crippen molar-refractivity contribution in [3.8, 4) is 17.2 Å². The first-order valence-electron chi connectivity index (χ1n) is 7.59. The van der Waals surface area contributed by atoms with Gasteiger partial charge in [0.2, 0.25) is 12.5 Å². The fourth-order valence-electron chi connectivity index (χ4n) is 2.88. The molecule has 1 heterocycles. The van der Waals surface area contributed by atoms with E-state index >= 15 is 0 Å². The molecule has 0 bridgehead atoms. The number of hydrogen-bond donors (Lipinski definition) is 1. The van der Waals surface area contributed by atoms with Crippen LogP contribution in [0.1, 0.15) is 38.8 Å². The maximum absolute atomic E-state index is 6.06. The van der Waals surface area contributed by atoms with Crippen molar-refractivity contribution in [3.05, 3.63) is 17.7 Å². The van der Waals surface area contributed by atoms with Gasteiger partial charge in [0, 0.05) is 18.6 Å². The summed E-state index contributed by atoms with van der Waals surface area (Å²) in [7, 11) is 1.64. The first kappa shape index (κ1) is 15.9. The van der Waals surface area contributed by atoms with E-state index in [0.29, 0.717) is 24.1 Å². The molecule has 21 heavy (non-hydrogen) atoms. The monoisotopic (exact) mass is 294 g/mol. The fraction of sp³-hybridized carbons (Fsp3) is 0.625. The summed E-state index contributed by atoms with van der Waals surface area (Å²) in [5, 5.41) is 0. The van der Waals surface area contributed by atoms with Crippen LogP contribution in [0, 0.1) is 0 Å². The van der Waals surface area contributed by atoms with Gasteiger partial charge in [0.15, 0.2) is 11.5 Å². The first-order valence-corrected chi connectivity index (χ1v) is 7.59. The van der Waals surface area contributed by atoms with E-state index in [1.807, 2.05) is 12.1 Å². The Kier molecular flexibility index (Phi) is 5.31. The zero-order valence-electron chi connectivity index (χ0n) is 13.4. The molecule has 0 saturated carbocycles. The minimum atomic E-state index is 0.147. The van der Waals surface area contributed by atoms with E-state index in [1.165, 1.54) is 0 Å². The maximum atomic E-state index is 6.06. The van der Waals surface area contributed by atoms with Crippen LogP contribution in [0.2, 0.25) is 0 Å². The molecule has 0 aliphatic carbocycles. The van der Waals surface area contributed by atoms with E-state index in [4.69, 9.17) is 19.9 Å². The number of fused-ring (bicyclic) bond motifs is 1. The number of benzene rings is 1. The molecule has 5 heteroatoms. The Labute approximate surface area is 127 Å². The molecule has 2 atom stereocenters. The van der Waals surface area contributed by atoms with E-state index in [-0.39, 0.29) is 12.8 Å². The van der Waals surface area contributed by atoms with Gasteiger partial charge in [-0.3, -0.25) is 4.90 Å². The van der Waals surface area contributed by atoms with Crippen LogP contribution in [0.5, 0.6) is 17.2 Å². The third kappa shape index (κ3) is 3.09. The number of hydrogen-bond acceptors (Lipinski definition) is 5. The summed E-state index contributed by atoms with van der Waals surface area (Å²) in [4.78, 5) is 2.41. The van der Waals surface area contributed by atoms with Gasteiger partial charge in [0.05, 0.1) is 7.11 Å². The van der Waals surface area contributed by atoms with Crippen molar-refractivity contribution in [3.63, 3.8) is 0 Å². The molecule has 1 aliphatic heterocycles. The van der Waals surface area contributed by atoms with Crippen LogP contribution in [-0.4, -0.2) is 37.9 Å². The molecule has 0 fully saturated rings. The van der Waals surface area contributed by atoms with Gasteiger partial charge in [-0.15, -0.1) is 0 Å². The Morgan fingerprint density at radius 2 is 2.10 bits per heavy atom. The Balaban J connectivity index is 2.38. The summed E-state index contributed by atoms with van der Waals surface area (Å²) in [6.07, 6.45) is 1.09. The van der Waals surface area contributed by atoms with Crippen LogP contribution < -0.4 is 19.9 Å². The van der Waals surface area contributed by atoms with Crippen molar-refractivity contribution < 1.29 is 14.2 Å². The highest BCUT2D eigenvalue weighted by molar-refractivity contribution is 5.55. The van der Waals surface area contributed by atoms with Crippen molar-refractivity contribution in [1.29, 1.82) is 0 Å². The molecule has 0 aromatic heterocycles. The fourth-order valence-corrected chi connectivity index (χ4v) is 2.88. The second-order valence-electron chi connectivity index (χ2n) is 5.30. The van der Waals surface area contributed by atoms with E-state index in [2.05, 4.69) is 25.7 Å². The number of ether oxygens (including phenoxy) is 3. The van der Waals surface area contributed by atoms with E-state index in [1.54, 1.807) is 7.11 Å². The van der Waals surface area contributed by atoms with Crippen LogP contribution in [0.15, 0.2) is 12.1 Å². The molecule has 2 N–H and O–H groups in total. The molecule has 5 nitrogen and oxygen atoms in total. The Hall–Kier alpha value is -1.46. The maximum Gasteiger partial charge on any atom is 0.231 e. The first-order chi connectivity index (χ1) is 10.2. The lowest BCUT2D eigenvalue weighted by atomic mass is 10.0. The average molecular weight is 294 g/mol. The Bertz CT molecular complexity index is 479. The molecule has 2 unspecified atom stereocenters. The third-order valence-electron chi connectivity index (χ3n) is 4.21. The van der Waals surface area contributed by atoms with Crippen LogP contribution in [0.4, 0.5) is 0 Å². The van der Waals surface area contributed by atoms with Crippen molar-refractivity contribution >= 4 is 0 Å². The van der Waals surface area contributed by atoms with Crippen LogP contribution in [0.25, 0.3) is 0 Å². The molecular formula is C16H26N2O3. The number of methoxy groups -OCH3 is 1. The minimum Gasteiger partial charge on any atom is -0.493 e. The number of likely N-dealkylation sites (N-methyl/N-ethyl adjacent to an activating group) is 1. The van der Waals surface area contributed by atoms with Gasteiger partial charge in [-0.2, -0.15) is 0 Å². The summed E-state index contributed by atoms with van der Waals surface area (Å²) >= 11 is 0. The molecule has 0 amide bonds. The Morgan fingerprint density at radius 3 is 2.67 bits per heavy atom. The second-order valence-corrected chi connectivity index (χ2v) is 5.30. The Morgan fingerprint density at radius 1 is 1.33 bits per heavy atom. The van der Waals surface area contributed by atoms with Crippen molar-refractivity contribution in [2.45, 2.75) is 39.3 Å². The lowest BCUT2D eigenvalue weighted by Crippen LogP contribution is -2.39. The predicted octanol–water partition coefficient (Wildman–Crippen LogP) is 2.54. The highest BCUT2D eigenvalue weighted by Crippen LogP contribution is 2.43. The topological polar surface area (TPSA) is 57.0 Å². The molecule has 1 aliphatic rings. The third-order valence-corrected chi connectivity index (χ3v) is 4.21. The van der Waals surface area contributed by atoms with E-state index in [9.17, 15) is 0 Å². The second kappa shape index (κ2) is 7.00. The summed E-state index contributed by atoms with van der Waals surface area (Å²) < 4.78 is 16.4. The van der Waals surface area contributed by atoms with Crippen molar-refractivity contribution in [2.24, 2.45) is 5.73 Å². The molecule has 1 aromatic carbocycles. The number of rotatable bonds is 7. The normalized spacial score (nSPS) is 16.1. The van der Waals surface area contributed by atoms with Crippen molar-refractivity contribution in [1.82, 2.24) is 4.90 Å². The van der Waals surface area contributed by atoms with Gasteiger partial charge in [0.25, 0.3) is 0 Å².